The lowest BCUT2D eigenvalue weighted by Crippen LogP contribution is -2.47. The van der Waals surface area contributed by atoms with Gasteiger partial charge in [0, 0.05) is 54.6 Å². The van der Waals surface area contributed by atoms with E-state index in [0.717, 1.165) is 37.7 Å². The number of nitrogens with zero attached hydrogens (tertiary/aromatic N) is 2. The third-order valence-electron chi connectivity index (χ3n) is 5.92. The molecule has 1 heterocycles. The maximum atomic E-state index is 13.0. The zero-order chi connectivity index (χ0) is 23.4. The first-order chi connectivity index (χ1) is 15.8. The number of piperazine rings is 1. The monoisotopic (exact) mass is 472 g/mol. The van der Waals surface area contributed by atoms with Crippen molar-refractivity contribution in [1.82, 2.24) is 4.90 Å². The van der Waals surface area contributed by atoms with Crippen LogP contribution in [0.15, 0.2) is 72.8 Å². The predicted octanol–water partition coefficient (Wildman–Crippen LogP) is 5.95. The minimum Gasteiger partial charge on any atom is -0.369 e. The lowest BCUT2D eigenvalue weighted by molar-refractivity contribution is -0.137. The molecule has 0 N–H and O–H groups in total. The van der Waals surface area contributed by atoms with Crippen LogP contribution in [0.4, 0.5) is 18.9 Å². The van der Waals surface area contributed by atoms with Crippen molar-refractivity contribution in [2.24, 2.45) is 0 Å². The van der Waals surface area contributed by atoms with Gasteiger partial charge >= 0.3 is 6.18 Å². The average molecular weight is 473 g/mol. The predicted molar refractivity (Wildman–Crippen MR) is 125 cm³/mol. The lowest BCUT2D eigenvalue weighted by atomic mass is 10.0. The number of hydrogen-bond donors (Lipinski definition) is 0. The topological polar surface area (TPSA) is 23.6 Å². The summed E-state index contributed by atoms with van der Waals surface area (Å²) in [5.41, 5.74) is 2.31. The van der Waals surface area contributed by atoms with Gasteiger partial charge in [0.1, 0.15) is 0 Å². The first-order valence-electron chi connectivity index (χ1n) is 10.8. The van der Waals surface area contributed by atoms with Gasteiger partial charge in [-0.05, 0) is 60.5 Å². The van der Waals surface area contributed by atoms with Crippen LogP contribution in [0.25, 0.3) is 0 Å². The van der Waals surface area contributed by atoms with Crippen molar-refractivity contribution in [3.8, 4) is 0 Å². The second-order valence-corrected chi connectivity index (χ2v) is 8.60. The molecule has 0 amide bonds. The Hall–Kier alpha value is -2.83. The highest BCUT2D eigenvalue weighted by molar-refractivity contribution is 6.30. The molecular weight excluding hydrogens is 449 g/mol. The summed E-state index contributed by atoms with van der Waals surface area (Å²) in [5, 5.41) is 0.591. The van der Waals surface area contributed by atoms with Gasteiger partial charge in [-0.2, -0.15) is 13.2 Å². The SMILES string of the molecule is O=C(c1ccc(Cl)cc1)c1cccc(CCN2CCN(c3cccc(C(F)(F)F)c3)CC2)c1. The molecule has 7 heteroatoms. The van der Waals surface area contributed by atoms with E-state index in [1.54, 1.807) is 30.3 Å². The molecule has 1 saturated heterocycles. The van der Waals surface area contributed by atoms with E-state index in [1.165, 1.54) is 12.1 Å². The summed E-state index contributed by atoms with van der Waals surface area (Å²) < 4.78 is 39.0. The molecule has 1 fully saturated rings. The highest BCUT2D eigenvalue weighted by atomic mass is 35.5. The third kappa shape index (κ3) is 5.95. The van der Waals surface area contributed by atoms with Crippen molar-refractivity contribution in [3.05, 3.63) is 100 Å². The van der Waals surface area contributed by atoms with Gasteiger partial charge in [-0.3, -0.25) is 9.69 Å². The molecule has 3 aromatic carbocycles. The highest BCUT2D eigenvalue weighted by Gasteiger charge is 2.31. The molecular formula is C26H24ClF3N2O. The average Bonchev–Trinajstić information content (AvgIpc) is 2.83. The smallest absolute Gasteiger partial charge is 0.369 e. The molecule has 0 bridgehead atoms. The Morgan fingerprint density at radius 2 is 1.55 bits per heavy atom. The van der Waals surface area contributed by atoms with Crippen LogP contribution in [0.5, 0.6) is 0 Å². The van der Waals surface area contributed by atoms with Crippen LogP contribution < -0.4 is 4.90 Å². The number of benzene rings is 3. The molecule has 172 valence electrons. The standard InChI is InChI=1S/C26H24ClF3N2O/c27-23-9-7-20(8-10-23)25(33)21-4-1-3-19(17-21)11-12-31-13-15-32(16-14-31)24-6-2-5-22(18-24)26(28,29)30/h1-10,17-18H,11-16H2. The zero-order valence-electron chi connectivity index (χ0n) is 18.0. The fraction of sp³-hybridized carbons (Fsp3) is 0.269. The normalized spacial score (nSPS) is 15.0. The van der Waals surface area contributed by atoms with Crippen LogP contribution in [-0.4, -0.2) is 43.4 Å². The Kier molecular flexibility index (Phi) is 7.05. The molecule has 0 saturated carbocycles. The Balaban J connectivity index is 1.32. The fourth-order valence-electron chi connectivity index (χ4n) is 4.03. The van der Waals surface area contributed by atoms with Gasteiger partial charge in [-0.25, -0.2) is 0 Å². The quantitative estimate of drug-likeness (QED) is 0.414. The second-order valence-electron chi connectivity index (χ2n) is 8.16. The first kappa shape index (κ1) is 23.3. The minimum atomic E-state index is -4.33. The van der Waals surface area contributed by atoms with Crippen LogP contribution >= 0.6 is 11.6 Å². The second kappa shape index (κ2) is 9.98. The van der Waals surface area contributed by atoms with Gasteiger partial charge in [0.25, 0.3) is 0 Å². The van der Waals surface area contributed by atoms with Crippen LogP contribution in [0.1, 0.15) is 27.0 Å². The molecule has 0 aliphatic carbocycles. The molecule has 3 aromatic rings. The molecule has 3 nitrogen and oxygen atoms in total. The van der Waals surface area contributed by atoms with E-state index in [0.29, 0.717) is 34.9 Å². The zero-order valence-corrected chi connectivity index (χ0v) is 18.7. The molecule has 0 aromatic heterocycles. The van der Waals surface area contributed by atoms with Crippen molar-refractivity contribution < 1.29 is 18.0 Å². The number of carbonyl (C=O) groups is 1. The molecule has 0 radical (unpaired) electrons. The third-order valence-corrected chi connectivity index (χ3v) is 6.18. The van der Waals surface area contributed by atoms with Crippen LogP contribution in [0.2, 0.25) is 5.02 Å². The van der Waals surface area contributed by atoms with E-state index in [2.05, 4.69) is 4.90 Å². The summed E-state index contributed by atoms with van der Waals surface area (Å²) in [7, 11) is 0. The van der Waals surface area contributed by atoms with E-state index >= 15 is 0 Å². The molecule has 4 rings (SSSR count). The summed E-state index contributed by atoms with van der Waals surface area (Å²) in [5.74, 6) is -0.0387. The summed E-state index contributed by atoms with van der Waals surface area (Å²) in [6.45, 7) is 3.74. The molecule has 0 spiro atoms. The number of halogens is 4. The Bertz CT molecular complexity index is 1110. The summed E-state index contributed by atoms with van der Waals surface area (Å²) in [4.78, 5) is 17.0. The van der Waals surface area contributed by atoms with Crippen LogP contribution in [0.3, 0.4) is 0 Å². The largest absolute Gasteiger partial charge is 0.416 e. The molecule has 33 heavy (non-hydrogen) atoms. The van der Waals surface area contributed by atoms with E-state index in [1.807, 2.05) is 29.2 Å². The van der Waals surface area contributed by atoms with E-state index < -0.39 is 11.7 Å². The van der Waals surface area contributed by atoms with Crippen molar-refractivity contribution >= 4 is 23.1 Å². The summed E-state index contributed by atoms with van der Waals surface area (Å²) in [6.07, 6.45) is -3.54. The van der Waals surface area contributed by atoms with E-state index in [4.69, 9.17) is 11.6 Å². The van der Waals surface area contributed by atoms with Gasteiger partial charge in [0.15, 0.2) is 5.78 Å². The maximum Gasteiger partial charge on any atom is 0.416 e. The Morgan fingerprint density at radius 1 is 0.848 bits per heavy atom. The number of anilines is 1. The summed E-state index contributed by atoms with van der Waals surface area (Å²) in [6, 6.07) is 20.0. The number of ketones is 1. The molecule has 1 aliphatic rings. The fourth-order valence-corrected chi connectivity index (χ4v) is 4.16. The molecule has 0 unspecified atom stereocenters. The van der Waals surface area contributed by atoms with Gasteiger partial charge in [-0.1, -0.05) is 35.9 Å². The number of hydrogen-bond acceptors (Lipinski definition) is 3. The summed E-state index contributed by atoms with van der Waals surface area (Å²) >= 11 is 5.91. The van der Waals surface area contributed by atoms with Gasteiger partial charge < -0.3 is 4.90 Å². The lowest BCUT2D eigenvalue weighted by Gasteiger charge is -2.36. The van der Waals surface area contributed by atoms with Gasteiger partial charge in [0.05, 0.1) is 5.56 Å². The maximum absolute atomic E-state index is 13.0. The molecule has 0 atom stereocenters. The van der Waals surface area contributed by atoms with Crippen molar-refractivity contribution in [2.75, 3.05) is 37.6 Å². The Morgan fingerprint density at radius 3 is 2.24 bits per heavy atom. The van der Waals surface area contributed by atoms with Crippen LogP contribution in [0, 0.1) is 0 Å². The number of carbonyl (C=O) groups excluding carboxylic acids is 1. The van der Waals surface area contributed by atoms with Gasteiger partial charge in [-0.15, -0.1) is 0 Å². The minimum absolute atomic E-state index is 0.0387. The van der Waals surface area contributed by atoms with Crippen LogP contribution in [-0.2, 0) is 12.6 Å². The Labute approximate surface area is 196 Å². The number of rotatable bonds is 6. The van der Waals surface area contributed by atoms with Crippen molar-refractivity contribution in [1.29, 1.82) is 0 Å². The first-order valence-corrected chi connectivity index (χ1v) is 11.2. The van der Waals surface area contributed by atoms with Crippen molar-refractivity contribution in [3.63, 3.8) is 0 Å². The molecule has 1 aliphatic heterocycles. The van der Waals surface area contributed by atoms with E-state index in [-0.39, 0.29) is 5.78 Å². The highest BCUT2D eigenvalue weighted by Crippen LogP contribution is 2.31. The van der Waals surface area contributed by atoms with Gasteiger partial charge in [0.2, 0.25) is 0 Å². The number of alkyl halides is 3. The van der Waals surface area contributed by atoms with Crippen molar-refractivity contribution in [2.45, 2.75) is 12.6 Å². The van der Waals surface area contributed by atoms with E-state index in [9.17, 15) is 18.0 Å².